The number of halogens is 1. The highest BCUT2D eigenvalue weighted by atomic mass is 35.5. The van der Waals surface area contributed by atoms with Crippen LogP contribution in [0.2, 0.25) is 5.02 Å². The van der Waals surface area contributed by atoms with Crippen molar-refractivity contribution < 1.29 is 4.79 Å². The summed E-state index contributed by atoms with van der Waals surface area (Å²) in [6, 6.07) is 12.0. The Labute approximate surface area is 185 Å². The first-order valence-electron chi connectivity index (χ1n) is 10.8. The van der Waals surface area contributed by atoms with Gasteiger partial charge in [-0.3, -0.25) is 0 Å². The molecule has 2 aromatic rings. The third-order valence-electron chi connectivity index (χ3n) is 5.68. The standard InChI is InChI=1S/C24H33ClN4O/c1-5-6-8-20-17-28(22-21(25)9-7-14-26-22)15-16-29(20)23(30)27-19-12-10-18(11-13-19)24(2,3)4/h7,9-14,20H,5-6,8,15-17H2,1-4H3,(H,27,30). The van der Waals surface area contributed by atoms with Gasteiger partial charge in [0, 0.05) is 31.5 Å². The molecule has 6 heteroatoms. The zero-order chi connectivity index (χ0) is 21.7. The lowest BCUT2D eigenvalue weighted by Gasteiger charge is -2.42. The molecule has 1 aliphatic rings. The molecule has 0 bridgehead atoms. The van der Waals surface area contributed by atoms with E-state index in [1.54, 1.807) is 6.20 Å². The first-order valence-corrected chi connectivity index (χ1v) is 11.2. The fourth-order valence-electron chi connectivity index (χ4n) is 3.86. The van der Waals surface area contributed by atoms with Crippen molar-refractivity contribution in [2.45, 2.75) is 58.4 Å². The topological polar surface area (TPSA) is 48.5 Å². The van der Waals surface area contributed by atoms with Crippen LogP contribution in [-0.2, 0) is 5.41 Å². The number of nitrogens with zero attached hydrogens (tertiary/aromatic N) is 3. The van der Waals surface area contributed by atoms with Crippen molar-refractivity contribution in [3.63, 3.8) is 0 Å². The number of unbranched alkanes of at least 4 members (excludes halogenated alkanes) is 1. The second-order valence-electron chi connectivity index (χ2n) is 9.00. The van der Waals surface area contributed by atoms with E-state index >= 15 is 0 Å². The maximum Gasteiger partial charge on any atom is 0.322 e. The maximum absolute atomic E-state index is 13.1. The molecule has 0 spiro atoms. The van der Waals surface area contributed by atoms with Crippen molar-refractivity contribution in [2.75, 3.05) is 29.9 Å². The van der Waals surface area contributed by atoms with E-state index < -0.39 is 0 Å². The Morgan fingerprint density at radius 2 is 1.93 bits per heavy atom. The molecule has 2 amide bonds. The van der Waals surface area contributed by atoms with Gasteiger partial charge in [-0.15, -0.1) is 0 Å². The number of hydrogen-bond donors (Lipinski definition) is 1. The van der Waals surface area contributed by atoms with Crippen molar-refractivity contribution in [3.8, 4) is 0 Å². The number of nitrogens with one attached hydrogen (secondary N) is 1. The van der Waals surface area contributed by atoms with E-state index in [1.807, 2.05) is 29.2 Å². The van der Waals surface area contributed by atoms with Gasteiger partial charge in [-0.05, 0) is 41.7 Å². The molecule has 1 atom stereocenters. The van der Waals surface area contributed by atoms with Gasteiger partial charge in [0.1, 0.15) is 5.82 Å². The smallest absolute Gasteiger partial charge is 0.322 e. The minimum absolute atomic E-state index is 0.0358. The molecule has 1 fully saturated rings. The second-order valence-corrected chi connectivity index (χ2v) is 9.41. The number of aromatic nitrogens is 1. The van der Waals surface area contributed by atoms with Gasteiger partial charge in [0.2, 0.25) is 0 Å². The van der Waals surface area contributed by atoms with Gasteiger partial charge in [-0.1, -0.05) is 64.3 Å². The van der Waals surface area contributed by atoms with Crippen LogP contribution in [0.4, 0.5) is 16.3 Å². The Bertz CT molecular complexity index is 847. The number of amides is 2. The van der Waals surface area contributed by atoms with E-state index in [0.29, 0.717) is 11.6 Å². The summed E-state index contributed by atoms with van der Waals surface area (Å²) < 4.78 is 0. The van der Waals surface area contributed by atoms with Gasteiger partial charge in [-0.2, -0.15) is 0 Å². The molecule has 162 valence electrons. The van der Waals surface area contributed by atoms with Gasteiger partial charge in [0.15, 0.2) is 0 Å². The molecule has 5 nitrogen and oxygen atoms in total. The predicted octanol–water partition coefficient (Wildman–Crippen LogP) is 5.95. The lowest BCUT2D eigenvalue weighted by molar-refractivity contribution is 0.173. The molecule has 0 aliphatic carbocycles. The number of benzene rings is 1. The lowest BCUT2D eigenvalue weighted by Crippen LogP contribution is -2.56. The van der Waals surface area contributed by atoms with Crippen LogP contribution in [0.15, 0.2) is 42.6 Å². The number of carbonyl (C=O) groups is 1. The summed E-state index contributed by atoms with van der Waals surface area (Å²) in [7, 11) is 0. The average Bonchev–Trinajstić information content (AvgIpc) is 2.72. The van der Waals surface area contributed by atoms with Crippen LogP contribution in [0, 0.1) is 0 Å². The van der Waals surface area contributed by atoms with Gasteiger partial charge < -0.3 is 15.1 Å². The highest BCUT2D eigenvalue weighted by Gasteiger charge is 2.31. The minimum atomic E-state index is -0.0358. The average molecular weight is 429 g/mol. The Morgan fingerprint density at radius 3 is 2.57 bits per heavy atom. The van der Waals surface area contributed by atoms with E-state index in [-0.39, 0.29) is 17.5 Å². The first-order chi connectivity index (χ1) is 14.3. The summed E-state index contributed by atoms with van der Waals surface area (Å²) >= 11 is 6.36. The van der Waals surface area contributed by atoms with Crippen molar-refractivity contribution in [1.82, 2.24) is 9.88 Å². The summed E-state index contributed by atoms with van der Waals surface area (Å²) in [5, 5.41) is 3.75. The SMILES string of the molecule is CCCCC1CN(c2ncccc2Cl)CCN1C(=O)Nc1ccc(C(C)(C)C)cc1. The first kappa shape index (κ1) is 22.4. The summed E-state index contributed by atoms with van der Waals surface area (Å²) in [5.74, 6) is 0.804. The monoisotopic (exact) mass is 428 g/mol. The Morgan fingerprint density at radius 1 is 1.20 bits per heavy atom. The number of hydrogen-bond acceptors (Lipinski definition) is 3. The number of anilines is 2. The molecule has 1 unspecified atom stereocenters. The number of urea groups is 1. The van der Waals surface area contributed by atoms with Crippen LogP contribution in [0.25, 0.3) is 0 Å². The van der Waals surface area contributed by atoms with Crippen LogP contribution >= 0.6 is 11.6 Å². The highest BCUT2D eigenvalue weighted by Crippen LogP contribution is 2.27. The quantitative estimate of drug-likeness (QED) is 0.640. The Hall–Kier alpha value is -2.27. The van der Waals surface area contributed by atoms with Crippen LogP contribution < -0.4 is 10.2 Å². The zero-order valence-electron chi connectivity index (χ0n) is 18.5. The van der Waals surface area contributed by atoms with Crippen molar-refractivity contribution >= 4 is 29.1 Å². The molecule has 1 N–H and O–H groups in total. The van der Waals surface area contributed by atoms with Crippen molar-refractivity contribution in [1.29, 1.82) is 0 Å². The molecule has 1 aromatic carbocycles. The fraction of sp³-hybridized carbons (Fsp3) is 0.500. The van der Waals surface area contributed by atoms with Crippen LogP contribution in [0.3, 0.4) is 0 Å². The number of rotatable bonds is 5. The third kappa shape index (κ3) is 5.45. The highest BCUT2D eigenvalue weighted by molar-refractivity contribution is 6.32. The molecule has 0 saturated carbocycles. The zero-order valence-corrected chi connectivity index (χ0v) is 19.2. The molecule has 30 heavy (non-hydrogen) atoms. The largest absolute Gasteiger partial charge is 0.352 e. The molecular formula is C24H33ClN4O. The summed E-state index contributed by atoms with van der Waals surface area (Å²) in [6.45, 7) is 10.8. The molecule has 1 aliphatic heterocycles. The number of pyridine rings is 1. The summed E-state index contributed by atoms with van der Waals surface area (Å²) in [6.07, 6.45) is 4.92. The maximum atomic E-state index is 13.1. The number of carbonyl (C=O) groups excluding carboxylic acids is 1. The Kier molecular flexibility index (Phi) is 7.24. The van der Waals surface area contributed by atoms with E-state index in [2.05, 4.69) is 55.0 Å². The molecular weight excluding hydrogens is 396 g/mol. The Balaban J connectivity index is 1.70. The van der Waals surface area contributed by atoms with E-state index in [0.717, 1.165) is 43.9 Å². The molecule has 3 rings (SSSR count). The van der Waals surface area contributed by atoms with Gasteiger partial charge in [0.05, 0.1) is 11.1 Å². The predicted molar refractivity (Wildman–Crippen MR) is 126 cm³/mol. The van der Waals surface area contributed by atoms with E-state index in [4.69, 9.17) is 11.6 Å². The normalized spacial score (nSPS) is 17.2. The molecule has 0 radical (unpaired) electrons. The fourth-order valence-corrected chi connectivity index (χ4v) is 4.10. The van der Waals surface area contributed by atoms with Gasteiger partial charge >= 0.3 is 6.03 Å². The second kappa shape index (κ2) is 9.69. The van der Waals surface area contributed by atoms with Crippen LogP contribution in [0.1, 0.15) is 52.5 Å². The number of piperazine rings is 1. The third-order valence-corrected chi connectivity index (χ3v) is 5.97. The van der Waals surface area contributed by atoms with E-state index in [9.17, 15) is 4.79 Å². The molecule has 2 heterocycles. The molecule has 1 aromatic heterocycles. The van der Waals surface area contributed by atoms with Gasteiger partial charge in [0.25, 0.3) is 0 Å². The minimum Gasteiger partial charge on any atom is -0.352 e. The van der Waals surface area contributed by atoms with Crippen LogP contribution in [-0.4, -0.2) is 41.6 Å². The van der Waals surface area contributed by atoms with Crippen molar-refractivity contribution in [2.24, 2.45) is 0 Å². The lowest BCUT2D eigenvalue weighted by atomic mass is 9.87. The van der Waals surface area contributed by atoms with Crippen molar-refractivity contribution in [3.05, 3.63) is 53.2 Å². The van der Waals surface area contributed by atoms with Crippen LogP contribution in [0.5, 0.6) is 0 Å². The van der Waals surface area contributed by atoms with Gasteiger partial charge in [-0.25, -0.2) is 9.78 Å². The molecule has 1 saturated heterocycles. The van der Waals surface area contributed by atoms with E-state index in [1.165, 1.54) is 5.56 Å². The summed E-state index contributed by atoms with van der Waals surface area (Å²) in [4.78, 5) is 21.7. The summed E-state index contributed by atoms with van der Waals surface area (Å²) in [5.41, 5.74) is 2.18.